The van der Waals surface area contributed by atoms with Crippen molar-refractivity contribution in [1.82, 2.24) is 9.55 Å². The molecule has 1 atom stereocenters. The third-order valence-electron chi connectivity index (χ3n) is 2.64. The summed E-state index contributed by atoms with van der Waals surface area (Å²) in [6.07, 6.45) is 3.14. The highest BCUT2D eigenvalue weighted by atomic mass is 32.1. The summed E-state index contributed by atoms with van der Waals surface area (Å²) in [5.74, 6) is 0. The van der Waals surface area contributed by atoms with Gasteiger partial charge in [-0.25, -0.2) is 0 Å². The Morgan fingerprint density at radius 3 is 2.69 bits per heavy atom. The summed E-state index contributed by atoms with van der Waals surface area (Å²) in [4.78, 5) is 5.95. The Hall–Kier alpha value is -0.870. The van der Waals surface area contributed by atoms with Crippen LogP contribution < -0.4 is 0 Å². The molecule has 0 bridgehead atoms. The average Bonchev–Trinajstić information content (AvgIpc) is 2.73. The molecule has 2 heterocycles. The minimum Gasteiger partial charge on any atom is -0.335 e. The Bertz CT molecular complexity index is 533. The number of aromatic amines is 1. The van der Waals surface area contributed by atoms with Crippen molar-refractivity contribution in [3.8, 4) is 0 Å². The lowest BCUT2D eigenvalue weighted by molar-refractivity contribution is 0.542. The number of H-pyrrole nitrogens is 1. The number of hydrogen-bond donors (Lipinski definition) is 1. The van der Waals surface area contributed by atoms with Gasteiger partial charge in [0.25, 0.3) is 0 Å². The minimum atomic E-state index is 0.412. The van der Waals surface area contributed by atoms with Crippen molar-refractivity contribution >= 4 is 23.6 Å². The van der Waals surface area contributed by atoms with Crippen LogP contribution in [0.2, 0.25) is 0 Å². The van der Waals surface area contributed by atoms with E-state index in [-0.39, 0.29) is 0 Å². The van der Waals surface area contributed by atoms with Crippen LogP contribution >= 0.6 is 23.6 Å². The van der Waals surface area contributed by atoms with Gasteiger partial charge in [-0.15, -0.1) is 11.3 Å². The van der Waals surface area contributed by atoms with E-state index < -0.39 is 0 Å². The average molecular weight is 252 g/mol. The fraction of sp³-hybridized carbons (Fsp3) is 0.417. The third-order valence-corrected chi connectivity index (χ3v) is 3.97. The molecule has 4 heteroatoms. The lowest BCUT2D eigenvalue weighted by Gasteiger charge is -2.11. The van der Waals surface area contributed by atoms with Gasteiger partial charge in [0.2, 0.25) is 0 Å². The molecule has 2 nitrogen and oxygen atoms in total. The second kappa shape index (κ2) is 4.55. The molecule has 0 spiro atoms. The van der Waals surface area contributed by atoms with E-state index in [4.69, 9.17) is 12.2 Å². The summed E-state index contributed by atoms with van der Waals surface area (Å²) in [7, 11) is 0. The SMILES string of the molecule is Cc1cn(C(C)Cc2ccc(C)s2)c(=S)[nH]1. The maximum atomic E-state index is 5.28. The number of aromatic nitrogens is 2. The van der Waals surface area contributed by atoms with Gasteiger partial charge in [-0.1, -0.05) is 0 Å². The number of hydrogen-bond acceptors (Lipinski definition) is 2. The molecule has 86 valence electrons. The molecule has 1 unspecified atom stereocenters. The number of nitrogens with zero attached hydrogens (tertiary/aromatic N) is 1. The van der Waals surface area contributed by atoms with Gasteiger partial charge in [0.05, 0.1) is 0 Å². The van der Waals surface area contributed by atoms with Crippen LogP contribution in [0.1, 0.15) is 28.4 Å². The van der Waals surface area contributed by atoms with Gasteiger partial charge in [0.15, 0.2) is 4.77 Å². The molecule has 0 aromatic carbocycles. The minimum absolute atomic E-state index is 0.412. The van der Waals surface area contributed by atoms with Crippen molar-refractivity contribution in [2.45, 2.75) is 33.2 Å². The first-order valence-corrected chi connectivity index (χ1v) is 6.62. The van der Waals surface area contributed by atoms with E-state index in [1.165, 1.54) is 9.75 Å². The van der Waals surface area contributed by atoms with Crippen molar-refractivity contribution < 1.29 is 0 Å². The molecule has 0 amide bonds. The Morgan fingerprint density at radius 1 is 1.44 bits per heavy atom. The molecular weight excluding hydrogens is 236 g/mol. The largest absolute Gasteiger partial charge is 0.335 e. The molecule has 0 fully saturated rings. The zero-order valence-corrected chi connectivity index (χ0v) is 11.4. The zero-order chi connectivity index (χ0) is 11.7. The lowest BCUT2D eigenvalue weighted by Crippen LogP contribution is -2.06. The highest BCUT2D eigenvalue weighted by molar-refractivity contribution is 7.71. The molecule has 2 aromatic heterocycles. The topological polar surface area (TPSA) is 20.7 Å². The monoisotopic (exact) mass is 252 g/mol. The van der Waals surface area contributed by atoms with Crippen LogP contribution in [-0.2, 0) is 6.42 Å². The van der Waals surface area contributed by atoms with Crippen LogP contribution in [-0.4, -0.2) is 9.55 Å². The van der Waals surface area contributed by atoms with E-state index in [0.717, 1.165) is 16.9 Å². The molecule has 0 radical (unpaired) electrons. The standard InChI is InChI=1S/C12H16N2S2/c1-8-7-14(12(15)13-8)9(2)6-11-5-4-10(3)16-11/h4-5,7,9H,6H2,1-3H3,(H,13,15). The normalized spacial score (nSPS) is 12.9. The van der Waals surface area contributed by atoms with E-state index in [9.17, 15) is 0 Å². The van der Waals surface area contributed by atoms with Gasteiger partial charge in [0, 0.05) is 34.1 Å². The fourth-order valence-electron chi connectivity index (χ4n) is 1.84. The Balaban J connectivity index is 2.17. The first-order valence-electron chi connectivity index (χ1n) is 5.39. The number of rotatable bonds is 3. The molecular formula is C12H16N2S2. The van der Waals surface area contributed by atoms with Gasteiger partial charge >= 0.3 is 0 Å². The second-order valence-corrected chi connectivity index (χ2v) is 5.97. The van der Waals surface area contributed by atoms with Gasteiger partial charge < -0.3 is 9.55 Å². The predicted octanol–water partition coefficient (Wildman–Crippen LogP) is 4.03. The summed E-state index contributed by atoms with van der Waals surface area (Å²) in [5, 5.41) is 0. The Kier molecular flexibility index (Phi) is 3.30. The summed E-state index contributed by atoms with van der Waals surface area (Å²) in [6.45, 7) is 6.39. The van der Waals surface area contributed by atoms with E-state index in [0.29, 0.717) is 6.04 Å². The van der Waals surface area contributed by atoms with Crippen molar-refractivity contribution in [2.75, 3.05) is 0 Å². The first kappa shape index (κ1) is 11.6. The zero-order valence-electron chi connectivity index (χ0n) is 9.78. The molecule has 0 aliphatic heterocycles. The molecule has 0 aliphatic carbocycles. The van der Waals surface area contributed by atoms with Gasteiger partial charge in [-0.2, -0.15) is 0 Å². The summed E-state index contributed by atoms with van der Waals surface area (Å²) in [5.41, 5.74) is 1.12. The Morgan fingerprint density at radius 2 is 2.19 bits per heavy atom. The third kappa shape index (κ3) is 2.44. The summed E-state index contributed by atoms with van der Waals surface area (Å²) in [6, 6.07) is 4.80. The molecule has 0 saturated heterocycles. The maximum Gasteiger partial charge on any atom is 0.177 e. The van der Waals surface area contributed by atoms with E-state index in [1.54, 1.807) is 0 Å². The number of imidazole rings is 1. The number of thiophene rings is 1. The molecule has 0 aliphatic rings. The first-order chi connectivity index (χ1) is 7.56. The van der Waals surface area contributed by atoms with Crippen molar-refractivity contribution in [1.29, 1.82) is 0 Å². The molecule has 0 saturated carbocycles. The van der Waals surface area contributed by atoms with Crippen LogP contribution in [0.3, 0.4) is 0 Å². The second-order valence-electron chi connectivity index (χ2n) is 4.22. The smallest absolute Gasteiger partial charge is 0.177 e. The van der Waals surface area contributed by atoms with Crippen molar-refractivity contribution in [2.24, 2.45) is 0 Å². The maximum absolute atomic E-state index is 5.28. The fourth-order valence-corrected chi connectivity index (χ4v) is 3.25. The number of aryl methyl sites for hydroxylation is 2. The molecule has 16 heavy (non-hydrogen) atoms. The van der Waals surface area contributed by atoms with Crippen LogP contribution in [0.5, 0.6) is 0 Å². The van der Waals surface area contributed by atoms with E-state index in [2.05, 4.69) is 41.7 Å². The lowest BCUT2D eigenvalue weighted by atomic mass is 10.2. The number of nitrogens with one attached hydrogen (secondary N) is 1. The van der Waals surface area contributed by atoms with Crippen LogP contribution in [0.25, 0.3) is 0 Å². The predicted molar refractivity (Wildman–Crippen MR) is 71.8 cm³/mol. The van der Waals surface area contributed by atoms with Crippen LogP contribution in [0, 0.1) is 18.6 Å². The van der Waals surface area contributed by atoms with Crippen LogP contribution in [0.15, 0.2) is 18.3 Å². The Labute approximate surface area is 105 Å². The van der Waals surface area contributed by atoms with Gasteiger partial charge in [-0.3, -0.25) is 0 Å². The van der Waals surface area contributed by atoms with Gasteiger partial charge in [0.1, 0.15) is 0 Å². The molecule has 2 aromatic rings. The van der Waals surface area contributed by atoms with Gasteiger partial charge in [-0.05, 0) is 45.1 Å². The highest BCUT2D eigenvalue weighted by Crippen LogP contribution is 2.21. The molecule has 1 N–H and O–H groups in total. The summed E-state index contributed by atoms with van der Waals surface area (Å²) >= 11 is 7.15. The highest BCUT2D eigenvalue weighted by Gasteiger charge is 2.08. The van der Waals surface area contributed by atoms with E-state index >= 15 is 0 Å². The quantitative estimate of drug-likeness (QED) is 0.818. The van der Waals surface area contributed by atoms with Crippen LogP contribution in [0.4, 0.5) is 0 Å². The molecule has 2 rings (SSSR count). The summed E-state index contributed by atoms with van der Waals surface area (Å²) < 4.78 is 2.96. The van der Waals surface area contributed by atoms with E-state index in [1.807, 2.05) is 18.3 Å². The van der Waals surface area contributed by atoms with Crippen molar-refractivity contribution in [3.63, 3.8) is 0 Å². The van der Waals surface area contributed by atoms with Crippen molar-refractivity contribution in [3.05, 3.63) is 38.5 Å².